The van der Waals surface area contributed by atoms with Crippen molar-refractivity contribution >= 4 is 11.8 Å². The van der Waals surface area contributed by atoms with Gasteiger partial charge in [0, 0.05) is 30.9 Å². The monoisotopic (exact) mass is 339 g/mol. The summed E-state index contributed by atoms with van der Waals surface area (Å²) in [5.74, 6) is 0. The quantitative estimate of drug-likeness (QED) is 0.720. The molecule has 2 aliphatic rings. The Bertz CT molecular complexity index is 976. The minimum atomic E-state index is 0.801. The van der Waals surface area contributed by atoms with Crippen LogP contribution in [0.15, 0.2) is 66.7 Å². The van der Waals surface area contributed by atoms with Gasteiger partial charge in [0.15, 0.2) is 0 Å². The minimum Gasteiger partial charge on any atom is -0.361 e. The molecule has 0 fully saturated rings. The lowest BCUT2D eigenvalue weighted by molar-refractivity contribution is 0.399. The highest BCUT2D eigenvalue weighted by molar-refractivity contribution is 5.85. The molecule has 4 bridgehead atoms. The van der Waals surface area contributed by atoms with Gasteiger partial charge >= 0.3 is 0 Å². The molecule has 0 saturated carbocycles. The first-order chi connectivity index (χ1) is 12.9. The number of hydrogen-bond acceptors (Lipinski definition) is 3. The molecule has 128 valence electrons. The molecule has 1 aromatic heterocycles. The second-order valence-electron chi connectivity index (χ2n) is 6.97. The van der Waals surface area contributed by atoms with Gasteiger partial charge in [-0.15, -0.1) is 0 Å². The minimum absolute atomic E-state index is 0.801. The van der Waals surface area contributed by atoms with Crippen molar-refractivity contribution in [2.45, 2.75) is 26.2 Å². The van der Waals surface area contributed by atoms with Crippen LogP contribution in [-0.4, -0.2) is 9.88 Å². The first-order valence-electron chi connectivity index (χ1n) is 9.15. The van der Waals surface area contributed by atoms with E-state index in [2.05, 4.69) is 83.0 Å². The molecule has 1 N–H and O–H groups in total. The smallest absolute Gasteiger partial charge is 0.0606 e. The summed E-state index contributed by atoms with van der Waals surface area (Å²) < 4.78 is 0. The van der Waals surface area contributed by atoms with Crippen LogP contribution in [0.1, 0.15) is 33.6 Å². The molecule has 3 heteroatoms. The van der Waals surface area contributed by atoms with Crippen molar-refractivity contribution in [3.05, 3.63) is 100 Å². The summed E-state index contributed by atoms with van der Waals surface area (Å²) in [6, 6.07) is 23.6. The maximum atomic E-state index is 4.84. The molecule has 3 aromatic rings. The lowest BCUT2D eigenvalue weighted by atomic mass is 10.00. The topological polar surface area (TPSA) is 28.2 Å². The Balaban J connectivity index is 1.67. The van der Waals surface area contributed by atoms with E-state index in [1.165, 1.54) is 28.0 Å². The van der Waals surface area contributed by atoms with Crippen LogP contribution in [0.3, 0.4) is 0 Å². The van der Waals surface area contributed by atoms with E-state index in [0.717, 1.165) is 37.6 Å². The van der Waals surface area contributed by atoms with E-state index in [4.69, 9.17) is 4.98 Å². The maximum Gasteiger partial charge on any atom is 0.0606 e. The third kappa shape index (κ3) is 2.80. The van der Waals surface area contributed by atoms with Crippen LogP contribution >= 0.6 is 0 Å². The molecule has 26 heavy (non-hydrogen) atoms. The lowest BCUT2D eigenvalue weighted by Crippen LogP contribution is -2.16. The van der Waals surface area contributed by atoms with Gasteiger partial charge in [0.25, 0.3) is 0 Å². The van der Waals surface area contributed by atoms with Crippen LogP contribution < -0.4 is 5.32 Å². The molecule has 3 nitrogen and oxygen atoms in total. The Morgan fingerprint density at radius 3 is 2.50 bits per heavy atom. The number of benzene rings is 2. The van der Waals surface area contributed by atoms with Crippen molar-refractivity contribution in [1.29, 1.82) is 0 Å². The Hall–Kier alpha value is -2.91. The average molecular weight is 339 g/mol. The molecule has 0 unspecified atom stereocenters. The number of nitrogens with zero attached hydrogens (tertiary/aromatic N) is 2. The Kier molecular flexibility index (Phi) is 3.80. The van der Waals surface area contributed by atoms with E-state index in [1.807, 2.05) is 0 Å². The third-order valence-corrected chi connectivity index (χ3v) is 5.14. The number of rotatable bonds is 1. The van der Waals surface area contributed by atoms with E-state index < -0.39 is 0 Å². The van der Waals surface area contributed by atoms with E-state index in [1.54, 1.807) is 0 Å². The number of aromatic nitrogens is 1. The predicted molar refractivity (Wildman–Crippen MR) is 105 cm³/mol. The number of pyridine rings is 1. The summed E-state index contributed by atoms with van der Waals surface area (Å²) in [5, 5.41) is 3.57. The first kappa shape index (κ1) is 15.4. The fraction of sp³-hybridized carbons (Fsp3) is 0.174. The summed E-state index contributed by atoms with van der Waals surface area (Å²) in [4.78, 5) is 7.30. The average Bonchev–Trinajstić information content (AvgIpc) is 3.00. The molecular weight excluding hydrogens is 318 g/mol. The van der Waals surface area contributed by atoms with Gasteiger partial charge in [-0.2, -0.15) is 0 Å². The molecule has 2 aliphatic heterocycles. The third-order valence-electron chi connectivity index (χ3n) is 5.14. The highest BCUT2D eigenvalue weighted by atomic mass is 15.2. The van der Waals surface area contributed by atoms with E-state index in [-0.39, 0.29) is 0 Å². The molecule has 0 aliphatic carbocycles. The van der Waals surface area contributed by atoms with Crippen molar-refractivity contribution in [1.82, 2.24) is 15.2 Å². The SMILES string of the molecule is C(=C1c2c3cccc2CN1Cc1cccc(n1)CNC3)c1ccccc1. The Morgan fingerprint density at radius 1 is 0.769 bits per heavy atom. The molecule has 2 aromatic carbocycles. The van der Waals surface area contributed by atoms with Crippen molar-refractivity contribution in [2.75, 3.05) is 0 Å². The number of hydrogen-bond donors (Lipinski definition) is 1. The molecule has 3 heterocycles. The van der Waals surface area contributed by atoms with Gasteiger partial charge in [-0.05, 0) is 34.9 Å². The summed E-state index contributed by atoms with van der Waals surface area (Å²) in [6.07, 6.45) is 2.32. The zero-order chi connectivity index (χ0) is 17.3. The van der Waals surface area contributed by atoms with Crippen LogP contribution in [0.25, 0.3) is 11.8 Å². The van der Waals surface area contributed by atoms with Gasteiger partial charge in [-0.1, -0.05) is 54.6 Å². The molecule has 0 spiro atoms. The van der Waals surface area contributed by atoms with Crippen LogP contribution in [0.2, 0.25) is 0 Å². The van der Waals surface area contributed by atoms with Gasteiger partial charge in [0.1, 0.15) is 0 Å². The van der Waals surface area contributed by atoms with Crippen LogP contribution in [0, 0.1) is 0 Å². The summed E-state index contributed by atoms with van der Waals surface area (Å²) in [7, 11) is 0. The zero-order valence-corrected chi connectivity index (χ0v) is 14.7. The van der Waals surface area contributed by atoms with Crippen LogP contribution in [0.5, 0.6) is 0 Å². The van der Waals surface area contributed by atoms with Gasteiger partial charge in [0.05, 0.1) is 17.9 Å². The fourth-order valence-corrected chi connectivity index (χ4v) is 3.96. The summed E-state index contributed by atoms with van der Waals surface area (Å²) >= 11 is 0. The number of fused-ring (bicyclic) bond motifs is 3. The number of nitrogens with one attached hydrogen (secondary N) is 1. The predicted octanol–water partition coefficient (Wildman–Crippen LogP) is 4.20. The van der Waals surface area contributed by atoms with E-state index >= 15 is 0 Å². The normalized spacial score (nSPS) is 17.2. The van der Waals surface area contributed by atoms with E-state index in [9.17, 15) is 0 Å². The second kappa shape index (κ2) is 6.43. The van der Waals surface area contributed by atoms with Crippen molar-refractivity contribution in [2.24, 2.45) is 0 Å². The van der Waals surface area contributed by atoms with Crippen molar-refractivity contribution in [3.8, 4) is 0 Å². The Morgan fingerprint density at radius 2 is 1.58 bits per heavy atom. The molecule has 0 saturated heterocycles. The Labute approximate surface area is 154 Å². The standard InChI is InChI=1S/C23H21N3/c1-2-6-17(7-3-1)12-22-23-18-8-4-9-19(23)15-26(22)16-21-11-5-10-20(25-21)14-24-13-18/h1-12,24H,13-16H2. The van der Waals surface area contributed by atoms with Gasteiger partial charge in [0.2, 0.25) is 0 Å². The van der Waals surface area contributed by atoms with Crippen LogP contribution in [-0.2, 0) is 26.2 Å². The highest BCUT2D eigenvalue weighted by Crippen LogP contribution is 2.37. The molecule has 0 radical (unpaired) electrons. The molecule has 0 atom stereocenters. The first-order valence-corrected chi connectivity index (χ1v) is 9.15. The second-order valence-corrected chi connectivity index (χ2v) is 6.97. The van der Waals surface area contributed by atoms with Gasteiger partial charge in [-0.25, -0.2) is 0 Å². The molecule has 0 amide bonds. The molecule has 5 rings (SSSR count). The van der Waals surface area contributed by atoms with Crippen LogP contribution in [0.4, 0.5) is 0 Å². The lowest BCUT2D eigenvalue weighted by Gasteiger charge is -2.21. The largest absolute Gasteiger partial charge is 0.361 e. The zero-order valence-electron chi connectivity index (χ0n) is 14.7. The summed E-state index contributed by atoms with van der Waals surface area (Å²) in [6.45, 7) is 3.43. The van der Waals surface area contributed by atoms with Crippen molar-refractivity contribution in [3.63, 3.8) is 0 Å². The van der Waals surface area contributed by atoms with Crippen molar-refractivity contribution < 1.29 is 0 Å². The van der Waals surface area contributed by atoms with E-state index in [0.29, 0.717) is 0 Å². The summed E-state index contributed by atoms with van der Waals surface area (Å²) in [5.41, 5.74) is 8.93. The maximum absolute atomic E-state index is 4.84. The highest BCUT2D eigenvalue weighted by Gasteiger charge is 2.27. The van der Waals surface area contributed by atoms with Gasteiger partial charge in [-0.3, -0.25) is 4.98 Å². The fourth-order valence-electron chi connectivity index (χ4n) is 3.96. The van der Waals surface area contributed by atoms with Gasteiger partial charge < -0.3 is 10.2 Å². The molecular formula is C23H21N3.